The van der Waals surface area contributed by atoms with Gasteiger partial charge >= 0.3 is 0 Å². The normalized spacial score (nSPS) is 15.4. The van der Waals surface area contributed by atoms with Crippen LogP contribution in [0.25, 0.3) is 16.8 Å². The van der Waals surface area contributed by atoms with Crippen LogP contribution in [0.5, 0.6) is 0 Å². The van der Waals surface area contributed by atoms with Crippen molar-refractivity contribution in [2.24, 2.45) is 0 Å². The van der Waals surface area contributed by atoms with Gasteiger partial charge in [-0.1, -0.05) is 25.5 Å². The Morgan fingerprint density at radius 1 is 1.19 bits per heavy atom. The molecule has 0 spiro atoms. The molecule has 0 unspecified atom stereocenters. The van der Waals surface area contributed by atoms with Gasteiger partial charge in [-0.3, -0.25) is 14.0 Å². The van der Waals surface area contributed by atoms with Crippen molar-refractivity contribution < 1.29 is 18.7 Å². The smallest absolute Gasteiger partial charge is 0.259 e. The van der Waals surface area contributed by atoms with Gasteiger partial charge in [0.1, 0.15) is 34.5 Å². The van der Waals surface area contributed by atoms with Crippen LogP contribution in [-0.4, -0.2) is 56.3 Å². The average Bonchev–Trinajstić information content (AvgIpc) is 3.38. The van der Waals surface area contributed by atoms with E-state index in [1.807, 2.05) is 10.5 Å². The highest BCUT2D eigenvalue weighted by molar-refractivity contribution is 6.04. The average molecular weight is 572 g/mol. The van der Waals surface area contributed by atoms with E-state index in [4.69, 9.17) is 15.5 Å². The number of nitrogens with two attached hydrogens (primary N) is 1. The Bertz CT molecular complexity index is 1630. The van der Waals surface area contributed by atoms with E-state index < -0.39 is 11.7 Å². The van der Waals surface area contributed by atoms with Crippen molar-refractivity contribution in [3.8, 4) is 11.3 Å². The number of nitrogen functional groups attached to an aromatic ring is 1. The first-order valence-electron chi connectivity index (χ1n) is 14.1. The highest BCUT2D eigenvalue weighted by Crippen LogP contribution is 2.36. The molecule has 10 nitrogen and oxygen atoms in total. The van der Waals surface area contributed by atoms with Crippen LogP contribution in [-0.2, 0) is 16.0 Å². The minimum absolute atomic E-state index is 0.122. The van der Waals surface area contributed by atoms with Crippen LogP contribution < -0.4 is 11.1 Å². The summed E-state index contributed by atoms with van der Waals surface area (Å²) in [5.41, 5.74) is 8.58. The second-order valence-electron chi connectivity index (χ2n) is 10.2. The number of amides is 2. The number of carbonyl (C=O) groups is 2. The summed E-state index contributed by atoms with van der Waals surface area (Å²) >= 11 is 0. The molecule has 3 aromatic heterocycles. The molecule has 218 valence electrons. The Labute approximate surface area is 243 Å². The van der Waals surface area contributed by atoms with Crippen LogP contribution in [0.1, 0.15) is 60.4 Å². The van der Waals surface area contributed by atoms with E-state index in [0.717, 1.165) is 31.2 Å². The van der Waals surface area contributed by atoms with E-state index in [-0.39, 0.29) is 23.3 Å². The third-order valence-corrected chi connectivity index (χ3v) is 7.31. The fourth-order valence-electron chi connectivity index (χ4n) is 5.35. The molecule has 1 aliphatic heterocycles. The number of methoxy groups -OCH3 is 1. The van der Waals surface area contributed by atoms with Crippen molar-refractivity contribution in [1.82, 2.24) is 24.3 Å². The highest BCUT2D eigenvalue weighted by Gasteiger charge is 2.32. The predicted molar refractivity (Wildman–Crippen MR) is 158 cm³/mol. The van der Waals surface area contributed by atoms with E-state index in [2.05, 4.69) is 22.2 Å². The number of fused-ring (bicyclic) bond motifs is 1. The van der Waals surface area contributed by atoms with Gasteiger partial charge < -0.3 is 20.7 Å². The Morgan fingerprint density at radius 3 is 2.83 bits per heavy atom. The zero-order valence-corrected chi connectivity index (χ0v) is 23.7. The highest BCUT2D eigenvalue weighted by atomic mass is 19.1. The molecule has 1 atom stereocenters. The number of benzene rings is 1. The number of hydrogen-bond acceptors (Lipinski definition) is 7. The number of aromatic nitrogens is 4. The lowest BCUT2D eigenvalue weighted by Crippen LogP contribution is -2.38. The second kappa shape index (κ2) is 12.9. The zero-order chi connectivity index (χ0) is 29.6. The number of anilines is 2. The van der Waals surface area contributed by atoms with Gasteiger partial charge in [0.05, 0.1) is 18.2 Å². The van der Waals surface area contributed by atoms with Gasteiger partial charge in [0.25, 0.3) is 5.91 Å². The molecular weight excluding hydrogens is 537 g/mol. The van der Waals surface area contributed by atoms with E-state index in [1.54, 1.807) is 48.8 Å². The number of likely N-dealkylation sites (tertiary alicyclic amines) is 1. The molecule has 1 saturated heterocycles. The molecule has 3 N–H and O–H groups in total. The van der Waals surface area contributed by atoms with Crippen molar-refractivity contribution in [2.75, 3.05) is 31.3 Å². The SMILES string of the molecule is CCCc1ccnc(NC(=O)c2ccc(-c3nc([C@@H]4CCCCN4C(=O)/C=C/COC)n4ccnc(N)c34)cc2F)c1. The first-order chi connectivity index (χ1) is 20.4. The third kappa shape index (κ3) is 6.01. The largest absolute Gasteiger partial charge is 0.382 e. The number of nitrogens with one attached hydrogen (secondary N) is 1. The van der Waals surface area contributed by atoms with Crippen molar-refractivity contribution in [3.05, 3.63) is 83.8 Å². The van der Waals surface area contributed by atoms with Crippen molar-refractivity contribution in [3.63, 3.8) is 0 Å². The summed E-state index contributed by atoms with van der Waals surface area (Å²) in [7, 11) is 1.57. The maximum atomic E-state index is 15.4. The topological polar surface area (TPSA) is 128 Å². The maximum Gasteiger partial charge on any atom is 0.259 e. The molecule has 0 saturated carbocycles. The predicted octanol–water partition coefficient (Wildman–Crippen LogP) is 4.97. The Morgan fingerprint density at radius 2 is 2.05 bits per heavy atom. The molecule has 5 rings (SSSR count). The van der Waals surface area contributed by atoms with Crippen LogP contribution in [0.2, 0.25) is 0 Å². The molecule has 1 fully saturated rings. The molecule has 4 aromatic rings. The minimum atomic E-state index is -0.711. The van der Waals surface area contributed by atoms with Gasteiger partial charge in [-0.2, -0.15) is 0 Å². The fraction of sp³-hybridized carbons (Fsp3) is 0.323. The molecule has 11 heteroatoms. The quantitative estimate of drug-likeness (QED) is 0.271. The maximum absolute atomic E-state index is 15.4. The summed E-state index contributed by atoms with van der Waals surface area (Å²) in [4.78, 5) is 41.1. The van der Waals surface area contributed by atoms with Crippen LogP contribution in [0.3, 0.4) is 0 Å². The monoisotopic (exact) mass is 571 g/mol. The van der Waals surface area contributed by atoms with Crippen LogP contribution in [0.4, 0.5) is 16.0 Å². The van der Waals surface area contributed by atoms with Gasteiger partial charge in [0, 0.05) is 43.9 Å². The van der Waals surface area contributed by atoms with Crippen molar-refractivity contribution >= 4 is 29.0 Å². The summed E-state index contributed by atoms with van der Waals surface area (Å²) in [5.74, 6) is -0.245. The number of nitrogens with zero attached hydrogens (tertiary/aromatic N) is 5. The van der Waals surface area contributed by atoms with Gasteiger partial charge in [-0.05, 0) is 55.5 Å². The van der Waals surface area contributed by atoms with Crippen LogP contribution in [0.15, 0.2) is 61.1 Å². The number of carbonyl (C=O) groups excluding carboxylic acids is 2. The summed E-state index contributed by atoms with van der Waals surface area (Å²) in [6.07, 6.45) is 12.5. The Hall–Kier alpha value is -4.64. The Balaban J connectivity index is 1.48. The van der Waals surface area contributed by atoms with Gasteiger partial charge in [0.15, 0.2) is 0 Å². The zero-order valence-electron chi connectivity index (χ0n) is 23.7. The first-order valence-corrected chi connectivity index (χ1v) is 14.1. The molecule has 0 bridgehead atoms. The number of piperidine rings is 1. The van der Waals surface area contributed by atoms with Gasteiger partial charge in [-0.15, -0.1) is 0 Å². The number of imidazole rings is 1. The summed E-state index contributed by atoms with van der Waals surface area (Å²) < 4.78 is 22.3. The summed E-state index contributed by atoms with van der Waals surface area (Å²) in [6, 6.07) is 7.69. The molecule has 0 aliphatic carbocycles. The number of ether oxygens (including phenoxy) is 1. The Kier molecular flexibility index (Phi) is 8.87. The molecule has 2 amide bonds. The minimum Gasteiger partial charge on any atom is -0.382 e. The lowest BCUT2D eigenvalue weighted by molar-refractivity contribution is -0.130. The van der Waals surface area contributed by atoms with Gasteiger partial charge in [-0.25, -0.2) is 19.3 Å². The van der Waals surface area contributed by atoms with E-state index in [1.165, 1.54) is 18.2 Å². The van der Waals surface area contributed by atoms with Gasteiger partial charge in [0.2, 0.25) is 5.91 Å². The number of aryl methyl sites for hydroxylation is 1. The van der Waals surface area contributed by atoms with E-state index >= 15 is 4.39 Å². The van der Waals surface area contributed by atoms with Crippen LogP contribution >= 0.6 is 0 Å². The standard InChI is InChI=1S/C31H34FN7O3/c1-3-7-20-12-13-34-25(18-20)36-31(41)22-11-10-21(19-23(22)32)27-28-29(33)35-14-16-39(28)30(37-27)24-8-4-5-15-38(24)26(40)9-6-17-42-2/h6,9-14,16,18-19,24H,3-5,7-8,15,17H2,1-2H3,(H2,33,35)(H,34,36,41)/b9-6+/t24-/m0/s1. The number of pyridine rings is 1. The summed E-state index contributed by atoms with van der Waals surface area (Å²) in [5, 5.41) is 2.69. The molecule has 1 aliphatic rings. The number of hydrogen-bond donors (Lipinski definition) is 2. The second-order valence-corrected chi connectivity index (χ2v) is 10.2. The number of rotatable bonds is 9. The third-order valence-electron chi connectivity index (χ3n) is 7.31. The molecule has 0 radical (unpaired) electrons. The lowest BCUT2D eigenvalue weighted by Gasteiger charge is -2.34. The van der Waals surface area contributed by atoms with E-state index in [9.17, 15) is 9.59 Å². The van der Waals surface area contributed by atoms with Crippen molar-refractivity contribution in [2.45, 2.75) is 45.1 Å². The lowest BCUT2D eigenvalue weighted by atomic mass is 10.0. The molecule has 4 heterocycles. The van der Waals surface area contributed by atoms with Crippen molar-refractivity contribution in [1.29, 1.82) is 0 Å². The fourth-order valence-corrected chi connectivity index (χ4v) is 5.35. The molecule has 42 heavy (non-hydrogen) atoms. The van der Waals surface area contributed by atoms with Crippen LogP contribution in [0, 0.1) is 5.82 Å². The molecule has 1 aromatic carbocycles. The number of halogens is 1. The molecular formula is C31H34FN7O3. The first kappa shape index (κ1) is 28.9. The van der Waals surface area contributed by atoms with E-state index in [0.29, 0.717) is 48.0 Å². The summed E-state index contributed by atoms with van der Waals surface area (Å²) in [6.45, 7) is 2.99.